The first-order valence-electron chi connectivity index (χ1n) is 11.9. The molecule has 1 atom stereocenters. The monoisotopic (exact) mass is 505 g/mol. The van der Waals surface area contributed by atoms with Crippen molar-refractivity contribution in [1.29, 1.82) is 0 Å². The average Bonchev–Trinajstić information content (AvgIpc) is 2.92. The van der Waals surface area contributed by atoms with Crippen molar-refractivity contribution in [2.45, 2.75) is 20.0 Å². The SMILES string of the molecule is Cc1ccc(C(=O)[C@H](OC(=O)c2cc(-c3ccccc3Cl)nc3ccccc23)c2ccc(C)cc2)cc1. The van der Waals surface area contributed by atoms with Gasteiger partial charge < -0.3 is 4.74 Å². The lowest BCUT2D eigenvalue weighted by atomic mass is 9.98. The van der Waals surface area contributed by atoms with Crippen LogP contribution in [-0.2, 0) is 4.74 Å². The molecule has 5 heteroatoms. The van der Waals surface area contributed by atoms with Crippen LogP contribution in [0.15, 0.2) is 103 Å². The second-order valence-corrected chi connectivity index (χ2v) is 9.39. The Morgan fingerprint density at radius 3 is 2.11 bits per heavy atom. The van der Waals surface area contributed by atoms with Crippen molar-refractivity contribution in [3.8, 4) is 11.3 Å². The van der Waals surface area contributed by atoms with Gasteiger partial charge in [-0.05, 0) is 32.0 Å². The van der Waals surface area contributed by atoms with Gasteiger partial charge in [-0.3, -0.25) is 4.79 Å². The first-order valence-corrected chi connectivity index (χ1v) is 12.3. The second kappa shape index (κ2) is 10.4. The summed E-state index contributed by atoms with van der Waals surface area (Å²) in [6.07, 6.45) is -1.11. The molecule has 0 aliphatic carbocycles. The number of ether oxygens (including phenoxy) is 1. The Kier molecular flexibility index (Phi) is 6.85. The number of esters is 1. The number of carbonyl (C=O) groups excluding carboxylic acids is 2. The van der Waals surface area contributed by atoms with Gasteiger partial charge >= 0.3 is 5.97 Å². The number of pyridine rings is 1. The van der Waals surface area contributed by atoms with E-state index in [-0.39, 0.29) is 5.78 Å². The predicted octanol–water partition coefficient (Wildman–Crippen LogP) is 7.95. The Bertz CT molecular complexity index is 1610. The number of benzene rings is 4. The zero-order valence-electron chi connectivity index (χ0n) is 20.4. The Morgan fingerprint density at radius 1 is 0.784 bits per heavy atom. The van der Waals surface area contributed by atoms with Gasteiger partial charge in [0.25, 0.3) is 0 Å². The quantitative estimate of drug-likeness (QED) is 0.173. The largest absolute Gasteiger partial charge is 0.445 e. The number of ketones is 1. The van der Waals surface area contributed by atoms with Crippen molar-refractivity contribution in [3.63, 3.8) is 0 Å². The summed E-state index contributed by atoms with van der Waals surface area (Å²) in [7, 11) is 0. The zero-order chi connectivity index (χ0) is 25.9. The predicted molar refractivity (Wildman–Crippen MR) is 147 cm³/mol. The molecular formula is C32H24ClNO3. The summed E-state index contributed by atoms with van der Waals surface area (Å²) in [5.41, 5.74) is 5.35. The van der Waals surface area contributed by atoms with Gasteiger partial charge in [-0.2, -0.15) is 0 Å². The highest BCUT2D eigenvalue weighted by Crippen LogP contribution is 2.32. The van der Waals surface area contributed by atoms with Crippen LogP contribution in [0.4, 0.5) is 0 Å². The highest BCUT2D eigenvalue weighted by atomic mass is 35.5. The van der Waals surface area contributed by atoms with Crippen LogP contribution in [-0.4, -0.2) is 16.7 Å². The van der Waals surface area contributed by atoms with E-state index in [9.17, 15) is 9.59 Å². The fourth-order valence-electron chi connectivity index (χ4n) is 4.21. The molecule has 0 aliphatic rings. The lowest BCUT2D eigenvalue weighted by molar-refractivity contribution is 0.0282. The van der Waals surface area contributed by atoms with Crippen LogP contribution < -0.4 is 0 Å². The first kappa shape index (κ1) is 24.4. The first-order chi connectivity index (χ1) is 17.9. The Labute approximate surface area is 220 Å². The van der Waals surface area contributed by atoms with Crippen molar-refractivity contribution < 1.29 is 14.3 Å². The minimum absolute atomic E-state index is 0.290. The maximum absolute atomic E-state index is 13.7. The van der Waals surface area contributed by atoms with Gasteiger partial charge in [0.15, 0.2) is 6.10 Å². The standard InChI is InChI=1S/C32H24ClNO3/c1-20-11-15-22(16-12-20)30(35)31(23-17-13-21(2)14-18-23)37-32(36)26-19-29(25-8-3-5-9-27(25)33)34-28-10-6-4-7-24(26)28/h3-19,31H,1-2H3/t31-/m1/s1. The van der Waals surface area contributed by atoms with E-state index in [2.05, 4.69) is 0 Å². The van der Waals surface area contributed by atoms with E-state index < -0.39 is 12.1 Å². The summed E-state index contributed by atoms with van der Waals surface area (Å²) in [5.74, 6) is -0.903. The minimum Gasteiger partial charge on any atom is -0.445 e. The molecule has 0 saturated carbocycles. The minimum atomic E-state index is -1.11. The summed E-state index contributed by atoms with van der Waals surface area (Å²) in [6.45, 7) is 3.92. The third kappa shape index (κ3) is 5.16. The number of aromatic nitrogens is 1. The smallest absolute Gasteiger partial charge is 0.339 e. The lowest BCUT2D eigenvalue weighted by Crippen LogP contribution is -2.21. The number of halogens is 1. The number of carbonyl (C=O) groups is 2. The molecule has 0 bridgehead atoms. The number of aryl methyl sites for hydroxylation is 2. The van der Waals surface area contributed by atoms with E-state index >= 15 is 0 Å². The molecule has 0 N–H and O–H groups in total. The average molecular weight is 506 g/mol. The maximum atomic E-state index is 13.7. The van der Waals surface area contributed by atoms with E-state index in [4.69, 9.17) is 21.3 Å². The third-order valence-corrected chi connectivity index (χ3v) is 6.59. The van der Waals surface area contributed by atoms with Gasteiger partial charge in [0.2, 0.25) is 5.78 Å². The molecule has 0 amide bonds. The van der Waals surface area contributed by atoms with Gasteiger partial charge in [0.05, 0.1) is 16.8 Å². The van der Waals surface area contributed by atoms with Gasteiger partial charge in [0, 0.05) is 27.1 Å². The van der Waals surface area contributed by atoms with Crippen molar-refractivity contribution in [2.24, 2.45) is 0 Å². The number of hydrogen-bond donors (Lipinski definition) is 0. The normalized spacial score (nSPS) is 11.8. The van der Waals surface area contributed by atoms with E-state index in [1.54, 1.807) is 24.3 Å². The summed E-state index contributed by atoms with van der Waals surface area (Å²) < 4.78 is 5.99. The van der Waals surface area contributed by atoms with Crippen LogP contribution in [0.3, 0.4) is 0 Å². The molecule has 4 nitrogen and oxygen atoms in total. The van der Waals surface area contributed by atoms with Gasteiger partial charge in [-0.25, -0.2) is 9.78 Å². The molecule has 0 saturated heterocycles. The highest BCUT2D eigenvalue weighted by molar-refractivity contribution is 6.33. The van der Waals surface area contributed by atoms with E-state index in [0.717, 1.165) is 11.1 Å². The van der Waals surface area contributed by atoms with Crippen LogP contribution in [0.5, 0.6) is 0 Å². The van der Waals surface area contributed by atoms with Gasteiger partial charge in [0.1, 0.15) is 0 Å². The van der Waals surface area contributed by atoms with Crippen molar-refractivity contribution in [3.05, 3.63) is 136 Å². The topological polar surface area (TPSA) is 56.3 Å². The molecule has 0 spiro atoms. The number of para-hydroxylation sites is 1. The maximum Gasteiger partial charge on any atom is 0.339 e. The fraction of sp³-hybridized carbons (Fsp3) is 0.0938. The zero-order valence-corrected chi connectivity index (χ0v) is 21.2. The van der Waals surface area contributed by atoms with Crippen LogP contribution in [0.25, 0.3) is 22.2 Å². The lowest BCUT2D eigenvalue weighted by Gasteiger charge is -2.19. The second-order valence-electron chi connectivity index (χ2n) is 8.98. The number of fused-ring (bicyclic) bond motifs is 1. The highest BCUT2D eigenvalue weighted by Gasteiger charge is 2.28. The van der Waals surface area contributed by atoms with Crippen molar-refractivity contribution >= 4 is 34.3 Å². The van der Waals surface area contributed by atoms with E-state index in [1.165, 1.54) is 0 Å². The van der Waals surface area contributed by atoms with Crippen molar-refractivity contribution in [1.82, 2.24) is 4.98 Å². The number of rotatable bonds is 6. The molecule has 182 valence electrons. The molecule has 5 rings (SSSR count). The van der Waals surface area contributed by atoms with Crippen molar-refractivity contribution in [2.75, 3.05) is 0 Å². The molecule has 0 aliphatic heterocycles. The number of nitrogens with zero attached hydrogens (tertiary/aromatic N) is 1. The van der Waals surface area contributed by atoms with Crippen LogP contribution >= 0.6 is 11.6 Å². The fourth-order valence-corrected chi connectivity index (χ4v) is 4.44. The van der Waals surface area contributed by atoms with Gasteiger partial charge in [-0.1, -0.05) is 108 Å². The van der Waals surface area contributed by atoms with E-state index in [1.807, 2.05) is 92.7 Å². The molecule has 4 aromatic carbocycles. The van der Waals surface area contributed by atoms with E-state index in [0.29, 0.717) is 43.9 Å². The molecule has 0 radical (unpaired) electrons. The summed E-state index contributed by atoms with van der Waals surface area (Å²) in [6, 6.07) is 31.0. The molecule has 37 heavy (non-hydrogen) atoms. The Morgan fingerprint density at radius 2 is 1.41 bits per heavy atom. The summed E-state index contributed by atoms with van der Waals surface area (Å²) in [5, 5.41) is 1.16. The summed E-state index contributed by atoms with van der Waals surface area (Å²) >= 11 is 6.44. The molecule has 0 unspecified atom stereocenters. The Hall–Kier alpha value is -4.28. The summed E-state index contributed by atoms with van der Waals surface area (Å²) in [4.78, 5) is 32.1. The molecule has 0 fully saturated rings. The van der Waals surface area contributed by atoms with Crippen LogP contribution in [0.1, 0.15) is 43.5 Å². The van der Waals surface area contributed by atoms with Crippen LogP contribution in [0.2, 0.25) is 5.02 Å². The molecule has 1 aromatic heterocycles. The number of hydrogen-bond acceptors (Lipinski definition) is 4. The van der Waals surface area contributed by atoms with Gasteiger partial charge in [-0.15, -0.1) is 0 Å². The molecular weight excluding hydrogens is 482 g/mol. The van der Waals surface area contributed by atoms with Crippen LogP contribution in [0, 0.1) is 13.8 Å². The number of Topliss-reactive ketones (excluding diaryl/α,β-unsaturated/α-hetero) is 1. The molecule has 5 aromatic rings. The molecule has 1 heterocycles. The third-order valence-electron chi connectivity index (χ3n) is 6.27. The Balaban J connectivity index is 1.59.